The Bertz CT molecular complexity index is 961. The molecule has 0 atom stereocenters. The van der Waals surface area contributed by atoms with Crippen LogP contribution in [0.4, 0.5) is 0 Å². The van der Waals surface area contributed by atoms with E-state index < -0.39 is 5.91 Å². The monoisotopic (exact) mass is 381 g/mol. The first-order valence-corrected chi connectivity index (χ1v) is 9.63. The Balaban J connectivity index is 0.00000109. The van der Waals surface area contributed by atoms with Crippen LogP contribution < -0.4 is 5.73 Å². The van der Waals surface area contributed by atoms with Crippen LogP contribution in [0.25, 0.3) is 22.0 Å². The van der Waals surface area contributed by atoms with Crippen molar-refractivity contribution < 1.29 is 9.53 Å². The molecule has 148 valence electrons. The van der Waals surface area contributed by atoms with E-state index in [1.807, 2.05) is 33.2 Å². The Hall–Kier alpha value is -2.77. The molecule has 0 bridgehead atoms. The summed E-state index contributed by atoms with van der Waals surface area (Å²) >= 11 is 0. The topological polar surface area (TPSA) is 86.3 Å². The van der Waals surface area contributed by atoms with Gasteiger partial charge in [-0.1, -0.05) is 26.0 Å². The number of aromatic nitrogens is 3. The second kappa shape index (κ2) is 8.95. The van der Waals surface area contributed by atoms with Crippen LogP contribution in [0.15, 0.2) is 36.7 Å². The maximum atomic E-state index is 11.8. The Morgan fingerprint density at radius 2 is 1.96 bits per heavy atom. The number of fused-ring (bicyclic) bond motifs is 1. The molecule has 3 heterocycles. The number of hydrogen-bond acceptors (Lipinski definition) is 5. The normalized spacial score (nSPS) is 14.5. The van der Waals surface area contributed by atoms with Gasteiger partial charge in [-0.3, -0.25) is 14.4 Å². The van der Waals surface area contributed by atoms with Gasteiger partial charge < -0.3 is 10.5 Å². The van der Waals surface area contributed by atoms with Crippen molar-refractivity contribution in [2.75, 3.05) is 26.3 Å². The summed E-state index contributed by atoms with van der Waals surface area (Å²) in [4.78, 5) is 18.6. The highest BCUT2D eigenvalue weighted by atomic mass is 16.5. The van der Waals surface area contributed by atoms with Crippen LogP contribution in [0.3, 0.4) is 0 Å². The lowest BCUT2D eigenvalue weighted by Crippen LogP contribution is -2.35. The predicted molar refractivity (Wildman–Crippen MR) is 110 cm³/mol. The van der Waals surface area contributed by atoms with Gasteiger partial charge in [0.25, 0.3) is 5.91 Å². The molecule has 0 saturated carbocycles. The standard InChI is InChI=1S/C19H21N5O2.C2H6/c1-23-12-14(10-21-23)16-9-18(19(20)25)22-17-8-13(2-3-15(16)17)11-24-4-6-26-7-5-24;1-2/h2-3,8-10,12H,4-7,11H2,1H3,(H2,20,25);1-2H3. The van der Waals surface area contributed by atoms with Crippen LogP contribution in [-0.2, 0) is 18.3 Å². The van der Waals surface area contributed by atoms with E-state index in [0.717, 1.165) is 60.4 Å². The van der Waals surface area contributed by atoms with Gasteiger partial charge in [0.2, 0.25) is 0 Å². The SMILES string of the molecule is CC.Cn1cc(-c2cc(C(N)=O)nc3cc(CN4CCOCC4)ccc23)cn1. The van der Waals surface area contributed by atoms with Crippen molar-refractivity contribution >= 4 is 16.8 Å². The molecule has 7 heteroatoms. The number of morpholine rings is 1. The maximum Gasteiger partial charge on any atom is 0.267 e. The maximum absolute atomic E-state index is 11.8. The van der Waals surface area contributed by atoms with Gasteiger partial charge in [-0.15, -0.1) is 0 Å². The highest BCUT2D eigenvalue weighted by molar-refractivity contribution is 6.00. The summed E-state index contributed by atoms with van der Waals surface area (Å²) in [5, 5.41) is 5.21. The fourth-order valence-corrected chi connectivity index (χ4v) is 3.32. The number of nitrogens with zero attached hydrogens (tertiary/aromatic N) is 4. The van der Waals surface area contributed by atoms with Crippen LogP contribution in [0.2, 0.25) is 0 Å². The third-order valence-corrected chi connectivity index (χ3v) is 4.65. The predicted octanol–water partition coefficient (Wildman–Crippen LogP) is 2.59. The van der Waals surface area contributed by atoms with Crippen LogP contribution >= 0.6 is 0 Å². The first-order chi connectivity index (χ1) is 13.6. The van der Waals surface area contributed by atoms with Gasteiger partial charge in [-0.2, -0.15) is 5.10 Å². The molecule has 1 amide bonds. The van der Waals surface area contributed by atoms with E-state index in [-0.39, 0.29) is 5.69 Å². The minimum Gasteiger partial charge on any atom is -0.379 e. The molecule has 2 N–H and O–H groups in total. The molecule has 1 fully saturated rings. The summed E-state index contributed by atoms with van der Waals surface area (Å²) in [5.74, 6) is -0.532. The molecule has 1 aliphatic rings. The van der Waals surface area contributed by atoms with Gasteiger partial charge in [-0.25, -0.2) is 4.98 Å². The molecule has 1 saturated heterocycles. The number of rotatable bonds is 4. The largest absolute Gasteiger partial charge is 0.379 e. The van der Waals surface area contributed by atoms with Crippen molar-refractivity contribution in [3.63, 3.8) is 0 Å². The fourth-order valence-electron chi connectivity index (χ4n) is 3.32. The number of carbonyl (C=O) groups excluding carboxylic acids is 1. The molecule has 4 rings (SSSR count). The molecule has 3 aromatic rings. The molecule has 7 nitrogen and oxygen atoms in total. The number of aryl methyl sites for hydroxylation is 1. The molecule has 1 aliphatic heterocycles. The van der Waals surface area contributed by atoms with Gasteiger partial charge in [0, 0.05) is 43.8 Å². The minimum atomic E-state index is -0.532. The average molecular weight is 381 g/mol. The van der Waals surface area contributed by atoms with E-state index in [0.29, 0.717) is 0 Å². The van der Waals surface area contributed by atoms with E-state index in [1.165, 1.54) is 0 Å². The van der Waals surface area contributed by atoms with Crippen molar-refractivity contribution in [1.82, 2.24) is 19.7 Å². The summed E-state index contributed by atoms with van der Waals surface area (Å²) in [6.07, 6.45) is 3.70. The zero-order chi connectivity index (χ0) is 20.1. The minimum absolute atomic E-state index is 0.264. The van der Waals surface area contributed by atoms with Crippen molar-refractivity contribution in [3.05, 3.63) is 47.9 Å². The van der Waals surface area contributed by atoms with Gasteiger partial charge in [0.05, 0.1) is 24.9 Å². The molecule has 28 heavy (non-hydrogen) atoms. The Labute approximate surface area is 165 Å². The number of carbonyl (C=O) groups is 1. The number of pyridine rings is 1. The lowest BCUT2D eigenvalue weighted by atomic mass is 10.0. The van der Waals surface area contributed by atoms with Crippen molar-refractivity contribution in [1.29, 1.82) is 0 Å². The molecular weight excluding hydrogens is 354 g/mol. The lowest BCUT2D eigenvalue weighted by Gasteiger charge is -2.26. The van der Waals surface area contributed by atoms with Gasteiger partial charge in [0.15, 0.2) is 0 Å². The van der Waals surface area contributed by atoms with E-state index in [2.05, 4.69) is 27.1 Å². The second-order valence-electron chi connectivity index (χ2n) is 6.56. The Kier molecular flexibility index (Phi) is 6.38. The van der Waals surface area contributed by atoms with Crippen molar-refractivity contribution in [3.8, 4) is 11.1 Å². The highest BCUT2D eigenvalue weighted by Gasteiger charge is 2.15. The summed E-state index contributed by atoms with van der Waals surface area (Å²) in [6.45, 7) is 8.22. The average Bonchev–Trinajstić information content (AvgIpc) is 3.15. The summed E-state index contributed by atoms with van der Waals surface area (Å²) < 4.78 is 7.14. The van der Waals surface area contributed by atoms with E-state index in [4.69, 9.17) is 10.5 Å². The van der Waals surface area contributed by atoms with Crippen LogP contribution in [0.5, 0.6) is 0 Å². The molecular formula is C21H27N5O2. The quantitative estimate of drug-likeness (QED) is 0.751. The van der Waals surface area contributed by atoms with Gasteiger partial charge >= 0.3 is 0 Å². The molecule has 1 aromatic carbocycles. The molecule has 0 radical (unpaired) electrons. The zero-order valence-electron chi connectivity index (χ0n) is 16.7. The first kappa shape index (κ1) is 20.0. The highest BCUT2D eigenvalue weighted by Crippen LogP contribution is 2.29. The second-order valence-corrected chi connectivity index (χ2v) is 6.56. The van der Waals surface area contributed by atoms with Gasteiger partial charge in [0.1, 0.15) is 5.69 Å². The Morgan fingerprint density at radius 3 is 2.61 bits per heavy atom. The van der Waals surface area contributed by atoms with Gasteiger partial charge in [-0.05, 0) is 23.3 Å². The molecule has 0 spiro atoms. The van der Waals surface area contributed by atoms with E-state index in [1.54, 1.807) is 16.9 Å². The number of primary amides is 1. The van der Waals surface area contributed by atoms with Crippen LogP contribution in [0, 0.1) is 0 Å². The van der Waals surface area contributed by atoms with E-state index >= 15 is 0 Å². The smallest absolute Gasteiger partial charge is 0.267 e. The third-order valence-electron chi connectivity index (χ3n) is 4.65. The number of hydrogen-bond donors (Lipinski definition) is 1. The summed E-state index contributed by atoms with van der Waals surface area (Å²) in [6, 6.07) is 7.95. The number of nitrogens with two attached hydrogens (primary N) is 1. The molecule has 2 aromatic heterocycles. The summed E-state index contributed by atoms with van der Waals surface area (Å²) in [7, 11) is 1.86. The van der Waals surface area contributed by atoms with Crippen LogP contribution in [0.1, 0.15) is 29.9 Å². The first-order valence-electron chi connectivity index (χ1n) is 9.63. The molecule has 0 aliphatic carbocycles. The third kappa shape index (κ3) is 4.37. The lowest BCUT2D eigenvalue weighted by molar-refractivity contribution is 0.0342. The summed E-state index contributed by atoms with van der Waals surface area (Å²) in [5.41, 5.74) is 9.54. The Morgan fingerprint density at radius 1 is 1.21 bits per heavy atom. The number of benzene rings is 1. The van der Waals surface area contributed by atoms with Crippen molar-refractivity contribution in [2.45, 2.75) is 20.4 Å². The van der Waals surface area contributed by atoms with E-state index in [9.17, 15) is 4.79 Å². The zero-order valence-corrected chi connectivity index (χ0v) is 16.7. The number of ether oxygens (including phenoxy) is 1. The fraction of sp³-hybridized carbons (Fsp3) is 0.381. The molecule has 0 unspecified atom stereocenters. The van der Waals surface area contributed by atoms with Crippen molar-refractivity contribution in [2.24, 2.45) is 12.8 Å². The van der Waals surface area contributed by atoms with Crippen LogP contribution in [-0.4, -0.2) is 51.9 Å². The number of amides is 1.